The van der Waals surface area contributed by atoms with Crippen molar-refractivity contribution < 1.29 is 5.11 Å². The van der Waals surface area contributed by atoms with E-state index in [2.05, 4.69) is 31.2 Å². The van der Waals surface area contributed by atoms with Crippen LogP contribution < -0.4 is 0 Å². The van der Waals surface area contributed by atoms with Crippen molar-refractivity contribution in [3.63, 3.8) is 0 Å². The zero-order valence-electron chi connectivity index (χ0n) is 9.45. The molecule has 0 aliphatic heterocycles. The van der Waals surface area contributed by atoms with Crippen molar-refractivity contribution in [3.05, 3.63) is 35.4 Å². The summed E-state index contributed by atoms with van der Waals surface area (Å²) in [6.45, 7) is 2.10. The lowest BCUT2D eigenvalue weighted by molar-refractivity contribution is 0.166. The summed E-state index contributed by atoms with van der Waals surface area (Å²) in [5.41, 5.74) is 2.49. The number of hydrogen-bond acceptors (Lipinski definition) is 1. The molecule has 0 saturated heterocycles. The second-order valence-corrected chi connectivity index (χ2v) is 4.69. The summed E-state index contributed by atoms with van der Waals surface area (Å²) >= 11 is 0. The van der Waals surface area contributed by atoms with Gasteiger partial charge in [-0.15, -0.1) is 0 Å². The van der Waals surface area contributed by atoms with Crippen LogP contribution in [0.1, 0.15) is 49.8 Å². The van der Waals surface area contributed by atoms with Crippen LogP contribution in [0, 0.1) is 5.92 Å². The number of benzene rings is 1. The first kappa shape index (κ1) is 10.7. The Bertz CT molecular complexity index is 298. The van der Waals surface area contributed by atoms with Gasteiger partial charge in [0.2, 0.25) is 0 Å². The van der Waals surface area contributed by atoms with E-state index in [0.717, 1.165) is 24.3 Å². The SMILES string of the molecule is CCCC(O)c1ccc(CC2CC2)cc1. The van der Waals surface area contributed by atoms with Gasteiger partial charge in [-0.2, -0.15) is 0 Å². The predicted molar refractivity (Wildman–Crippen MR) is 62.7 cm³/mol. The molecule has 1 aliphatic carbocycles. The van der Waals surface area contributed by atoms with Crippen molar-refractivity contribution in [1.82, 2.24) is 0 Å². The zero-order valence-corrected chi connectivity index (χ0v) is 9.45. The molecule has 15 heavy (non-hydrogen) atoms. The summed E-state index contributed by atoms with van der Waals surface area (Å²) in [6.07, 6.45) is 5.65. The monoisotopic (exact) mass is 204 g/mol. The standard InChI is InChI=1S/C14H20O/c1-2-3-14(15)13-8-6-12(7-9-13)10-11-4-5-11/h6-9,11,14-15H,2-5,10H2,1H3. The fourth-order valence-electron chi connectivity index (χ4n) is 1.97. The van der Waals surface area contributed by atoms with E-state index < -0.39 is 0 Å². The molecule has 2 rings (SSSR count). The summed E-state index contributed by atoms with van der Waals surface area (Å²) in [5.74, 6) is 0.941. The van der Waals surface area contributed by atoms with Crippen molar-refractivity contribution >= 4 is 0 Å². The Morgan fingerprint density at radius 3 is 2.47 bits per heavy atom. The smallest absolute Gasteiger partial charge is 0.0790 e. The highest BCUT2D eigenvalue weighted by Gasteiger charge is 2.21. The lowest BCUT2D eigenvalue weighted by Gasteiger charge is -2.10. The van der Waals surface area contributed by atoms with E-state index >= 15 is 0 Å². The van der Waals surface area contributed by atoms with Gasteiger partial charge in [0.25, 0.3) is 0 Å². The first-order valence-electron chi connectivity index (χ1n) is 6.06. The normalized spacial score (nSPS) is 17.7. The summed E-state index contributed by atoms with van der Waals surface area (Å²) in [6, 6.07) is 8.51. The summed E-state index contributed by atoms with van der Waals surface area (Å²) in [4.78, 5) is 0. The van der Waals surface area contributed by atoms with E-state index in [-0.39, 0.29) is 6.10 Å². The van der Waals surface area contributed by atoms with Gasteiger partial charge in [-0.05, 0) is 42.7 Å². The van der Waals surface area contributed by atoms with Crippen LogP contribution in [0.5, 0.6) is 0 Å². The van der Waals surface area contributed by atoms with E-state index in [1.54, 1.807) is 0 Å². The van der Waals surface area contributed by atoms with Gasteiger partial charge < -0.3 is 5.11 Å². The van der Waals surface area contributed by atoms with E-state index in [1.807, 2.05) is 0 Å². The molecule has 0 spiro atoms. The van der Waals surface area contributed by atoms with Crippen molar-refractivity contribution in [2.75, 3.05) is 0 Å². The summed E-state index contributed by atoms with van der Waals surface area (Å²) < 4.78 is 0. The lowest BCUT2D eigenvalue weighted by Crippen LogP contribution is -1.97. The Kier molecular flexibility index (Phi) is 3.42. The molecule has 0 heterocycles. The molecule has 0 amide bonds. The summed E-state index contributed by atoms with van der Waals surface area (Å²) in [7, 11) is 0. The molecule has 82 valence electrons. The molecule has 1 aromatic rings. The van der Waals surface area contributed by atoms with Gasteiger partial charge in [0.15, 0.2) is 0 Å². The molecule has 1 saturated carbocycles. The summed E-state index contributed by atoms with van der Waals surface area (Å²) in [5, 5.41) is 9.81. The average molecular weight is 204 g/mol. The highest BCUT2D eigenvalue weighted by atomic mass is 16.3. The fraction of sp³-hybridized carbons (Fsp3) is 0.571. The molecule has 0 radical (unpaired) electrons. The maximum atomic E-state index is 9.81. The minimum atomic E-state index is -0.273. The van der Waals surface area contributed by atoms with Crippen LogP contribution in [-0.4, -0.2) is 5.11 Å². The van der Waals surface area contributed by atoms with Gasteiger partial charge in [0, 0.05) is 0 Å². The molecule has 1 unspecified atom stereocenters. The molecule has 1 atom stereocenters. The van der Waals surface area contributed by atoms with E-state index in [9.17, 15) is 5.11 Å². The van der Waals surface area contributed by atoms with Crippen LogP contribution in [0.15, 0.2) is 24.3 Å². The van der Waals surface area contributed by atoms with Crippen molar-refractivity contribution in [1.29, 1.82) is 0 Å². The van der Waals surface area contributed by atoms with Crippen LogP contribution in [-0.2, 0) is 6.42 Å². The van der Waals surface area contributed by atoms with Crippen molar-refractivity contribution in [2.45, 2.75) is 45.1 Å². The fourth-order valence-corrected chi connectivity index (χ4v) is 1.97. The Morgan fingerprint density at radius 2 is 1.93 bits per heavy atom. The van der Waals surface area contributed by atoms with Gasteiger partial charge in [-0.1, -0.05) is 37.6 Å². The van der Waals surface area contributed by atoms with Crippen LogP contribution in [0.4, 0.5) is 0 Å². The van der Waals surface area contributed by atoms with Gasteiger partial charge in [-0.3, -0.25) is 0 Å². The van der Waals surface area contributed by atoms with Crippen LogP contribution in [0.25, 0.3) is 0 Å². The molecule has 1 N–H and O–H groups in total. The molecule has 1 aliphatic rings. The molecular formula is C14H20O. The number of rotatable bonds is 5. The van der Waals surface area contributed by atoms with Crippen molar-refractivity contribution in [2.24, 2.45) is 5.92 Å². The molecule has 1 heteroatoms. The van der Waals surface area contributed by atoms with Gasteiger partial charge in [-0.25, -0.2) is 0 Å². The van der Waals surface area contributed by atoms with Gasteiger partial charge in [0.1, 0.15) is 0 Å². The number of aliphatic hydroxyl groups excluding tert-OH is 1. The number of hydrogen-bond donors (Lipinski definition) is 1. The molecule has 0 bridgehead atoms. The molecular weight excluding hydrogens is 184 g/mol. The van der Waals surface area contributed by atoms with E-state index in [4.69, 9.17) is 0 Å². The Morgan fingerprint density at radius 1 is 1.27 bits per heavy atom. The minimum absolute atomic E-state index is 0.273. The van der Waals surface area contributed by atoms with Gasteiger partial charge >= 0.3 is 0 Å². The Labute approximate surface area is 92.1 Å². The zero-order chi connectivity index (χ0) is 10.7. The maximum absolute atomic E-state index is 9.81. The first-order chi connectivity index (χ1) is 7.29. The van der Waals surface area contributed by atoms with E-state index in [0.29, 0.717) is 0 Å². The van der Waals surface area contributed by atoms with Crippen LogP contribution in [0.3, 0.4) is 0 Å². The van der Waals surface area contributed by atoms with E-state index in [1.165, 1.54) is 24.8 Å². The molecule has 0 aromatic heterocycles. The third-order valence-corrected chi connectivity index (χ3v) is 3.15. The molecule has 1 aromatic carbocycles. The Balaban J connectivity index is 1.95. The van der Waals surface area contributed by atoms with Crippen LogP contribution >= 0.6 is 0 Å². The first-order valence-corrected chi connectivity index (χ1v) is 6.06. The number of aliphatic hydroxyl groups is 1. The quantitative estimate of drug-likeness (QED) is 0.778. The highest BCUT2D eigenvalue weighted by Crippen LogP contribution is 2.32. The molecule has 1 nitrogen and oxygen atoms in total. The highest BCUT2D eigenvalue weighted by molar-refractivity contribution is 5.24. The second kappa shape index (κ2) is 4.80. The maximum Gasteiger partial charge on any atom is 0.0790 e. The average Bonchev–Trinajstić information content (AvgIpc) is 3.03. The Hall–Kier alpha value is -0.820. The third kappa shape index (κ3) is 3.07. The largest absolute Gasteiger partial charge is 0.388 e. The predicted octanol–water partition coefficient (Wildman–Crippen LogP) is 3.47. The molecule has 1 fully saturated rings. The third-order valence-electron chi connectivity index (χ3n) is 3.15. The second-order valence-electron chi connectivity index (χ2n) is 4.69. The lowest BCUT2D eigenvalue weighted by atomic mass is 10.0. The minimum Gasteiger partial charge on any atom is -0.388 e. The van der Waals surface area contributed by atoms with Crippen molar-refractivity contribution in [3.8, 4) is 0 Å². The topological polar surface area (TPSA) is 20.2 Å². The van der Waals surface area contributed by atoms with Gasteiger partial charge in [0.05, 0.1) is 6.10 Å². The van der Waals surface area contributed by atoms with Crippen LogP contribution in [0.2, 0.25) is 0 Å².